The molecule has 2 aromatic rings. The highest BCUT2D eigenvalue weighted by atomic mass is 19.1. The average Bonchev–Trinajstić information content (AvgIpc) is 2.40. The zero-order valence-corrected chi connectivity index (χ0v) is 10.1. The van der Waals surface area contributed by atoms with Crippen molar-refractivity contribution in [1.29, 1.82) is 0 Å². The van der Waals surface area contributed by atoms with E-state index in [4.69, 9.17) is 10.5 Å². The lowest BCUT2D eigenvalue weighted by molar-refractivity contribution is 0.414. The fraction of sp³-hybridized carbons (Fsp3) is 0.143. The zero-order chi connectivity index (χ0) is 13.0. The van der Waals surface area contributed by atoms with Gasteiger partial charge in [0.05, 0.1) is 18.5 Å². The van der Waals surface area contributed by atoms with Gasteiger partial charge in [0.15, 0.2) is 0 Å². The van der Waals surface area contributed by atoms with Crippen molar-refractivity contribution in [2.45, 2.75) is 6.54 Å². The maximum atomic E-state index is 13.1. The number of nitrogen functional groups attached to an aromatic ring is 1. The summed E-state index contributed by atoms with van der Waals surface area (Å²) in [5.74, 6) is 0.505. The molecule has 0 unspecified atom stereocenters. The molecular weight excluding hydrogens is 231 g/mol. The van der Waals surface area contributed by atoms with Crippen LogP contribution in [0.4, 0.5) is 15.8 Å². The molecule has 0 heterocycles. The number of ether oxygens (including phenoxy) is 1. The number of hydrogen-bond acceptors (Lipinski definition) is 3. The van der Waals surface area contributed by atoms with E-state index in [1.54, 1.807) is 13.2 Å². The van der Waals surface area contributed by atoms with Crippen LogP contribution < -0.4 is 15.8 Å². The van der Waals surface area contributed by atoms with Crippen molar-refractivity contribution in [3.63, 3.8) is 0 Å². The van der Waals surface area contributed by atoms with E-state index in [1.165, 1.54) is 12.1 Å². The Balaban J connectivity index is 2.04. The zero-order valence-electron chi connectivity index (χ0n) is 10.1. The van der Waals surface area contributed by atoms with Crippen LogP contribution in [0.3, 0.4) is 0 Å². The Hall–Kier alpha value is -2.23. The summed E-state index contributed by atoms with van der Waals surface area (Å²) in [6.45, 7) is 0.581. The van der Waals surface area contributed by atoms with Crippen molar-refractivity contribution in [2.75, 3.05) is 18.2 Å². The first-order chi connectivity index (χ1) is 8.69. The van der Waals surface area contributed by atoms with Gasteiger partial charge in [-0.25, -0.2) is 4.39 Å². The van der Waals surface area contributed by atoms with Crippen LogP contribution in [-0.4, -0.2) is 7.11 Å². The number of benzene rings is 2. The molecule has 0 spiro atoms. The van der Waals surface area contributed by atoms with Gasteiger partial charge in [-0.05, 0) is 35.9 Å². The minimum Gasteiger partial charge on any atom is -0.497 e. The quantitative estimate of drug-likeness (QED) is 0.815. The van der Waals surface area contributed by atoms with Crippen molar-refractivity contribution in [1.82, 2.24) is 0 Å². The van der Waals surface area contributed by atoms with Crippen molar-refractivity contribution < 1.29 is 9.13 Å². The van der Waals surface area contributed by atoms with Gasteiger partial charge in [-0.3, -0.25) is 0 Å². The van der Waals surface area contributed by atoms with Crippen molar-refractivity contribution in [3.05, 3.63) is 53.8 Å². The highest BCUT2D eigenvalue weighted by molar-refractivity contribution is 5.65. The van der Waals surface area contributed by atoms with Crippen LogP contribution in [0.15, 0.2) is 42.5 Å². The Morgan fingerprint density at radius 3 is 2.56 bits per heavy atom. The third-order valence-corrected chi connectivity index (χ3v) is 2.66. The molecule has 3 nitrogen and oxygen atoms in total. The summed E-state index contributed by atoms with van der Waals surface area (Å²) < 4.78 is 18.1. The molecule has 0 radical (unpaired) electrons. The molecule has 0 amide bonds. The van der Waals surface area contributed by atoms with E-state index >= 15 is 0 Å². The number of rotatable bonds is 4. The number of anilines is 2. The largest absolute Gasteiger partial charge is 0.497 e. The van der Waals surface area contributed by atoms with E-state index in [0.29, 0.717) is 17.9 Å². The number of methoxy groups -OCH3 is 1. The Morgan fingerprint density at radius 1 is 1.17 bits per heavy atom. The molecule has 2 rings (SSSR count). The van der Waals surface area contributed by atoms with Crippen LogP contribution in [0.2, 0.25) is 0 Å². The van der Waals surface area contributed by atoms with Crippen LogP contribution in [0.5, 0.6) is 5.75 Å². The van der Waals surface area contributed by atoms with Crippen LogP contribution in [0.25, 0.3) is 0 Å². The molecule has 0 aliphatic heterocycles. The van der Waals surface area contributed by atoms with Gasteiger partial charge in [-0.1, -0.05) is 12.1 Å². The second-order valence-electron chi connectivity index (χ2n) is 3.93. The SMILES string of the molecule is COc1ccc(CNc2cc(F)ccc2N)cc1. The Morgan fingerprint density at radius 2 is 1.89 bits per heavy atom. The fourth-order valence-corrected chi connectivity index (χ4v) is 1.62. The van der Waals surface area contributed by atoms with E-state index in [-0.39, 0.29) is 5.82 Å². The van der Waals surface area contributed by atoms with E-state index in [1.807, 2.05) is 24.3 Å². The highest BCUT2D eigenvalue weighted by Gasteiger charge is 2.01. The van der Waals surface area contributed by atoms with Gasteiger partial charge in [-0.15, -0.1) is 0 Å². The molecule has 0 aliphatic carbocycles. The van der Waals surface area contributed by atoms with E-state index in [0.717, 1.165) is 11.3 Å². The first-order valence-electron chi connectivity index (χ1n) is 5.61. The van der Waals surface area contributed by atoms with E-state index < -0.39 is 0 Å². The van der Waals surface area contributed by atoms with Gasteiger partial charge in [0.25, 0.3) is 0 Å². The lowest BCUT2D eigenvalue weighted by Crippen LogP contribution is -2.02. The van der Waals surface area contributed by atoms with Gasteiger partial charge >= 0.3 is 0 Å². The highest BCUT2D eigenvalue weighted by Crippen LogP contribution is 2.20. The first kappa shape index (κ1) is 12.2. The average molecular weight is 246 g/mol. The van der Waals surface area contributed by atoms with Crippen LogP contribution in [0.1, 0.15) is 5.56 Å². The summed E-state index contributed by atoms with van der Waals surface area (Å²) in [4.78, 5) is 0. The summed E-state index contributed by atoms with van der Waals surface area (Å²) in [5.41, 5.74) is 7.95. The molecule has 3 N–H and O–H groups in total. The minimum absolute atomic E-state index is 0.304. The number of hydrogen-bond donors (Lipinski definition) is 2. The predicted octanol–water partition coefficient (Wildman–Crippen LogP) is 3.03. The summed E-state index contributed by atoms with van der Waals surface area (Å²) in [7, 11) is 1.63. The Labute approximate surface area is 105 Å². The predicted molar refractivity (Wildman–Crippen MR) is 71.1 cm³/mol. The Bertz CT molecular complexity index is 526. The first-order valence-corrected chi connectivity index (χ1v) is 5.61. The van der Waals surface area contributed by atoms with Crippen molar-refractivity contribution in [3.8, 4) is 5.75 Å². The normalized spacial score (nSPS) is 10.1. The molecule has 0 atom stereocenters. The smallest absolute Gasteiger partial charge is 0.125 e. The monoisotopic (exact) mass is 246 g/mol. The third kappa shape index (κ3) is 2.91. The second kappa shape index (κ2) is 5.40. The third-order valence-electron chi connectivity index (χ3n) is 2.66. The summed E-state index contributed by atoms with van der Waals surface area (Å²) >= 11 is 0. The summed E-state index contributed by atoms with van der Waals surface area (Å²) in [5, 5.41) is 3.10. The Kier molecular flexibility index (Phi) is 3.67. The number of nitrogens with two attached hydrogens (primary N) is 1. The van der Waals surface area contributed by atoms with Gasteiger partial charge in [0, 0.05) is 6.54 Å². The van der Waals surface area contributed by atoms with Gasteiger partial charge in [-0.2, -0.15) is 0 Å². The van der Waals surface area contributed by atoms with E-state index in [9.17, 15) is 4.39 Å². The van der Waals surface area contributed by atoms with Crippen molar-refractivity contribution >= 4 is 11.4 Å². The van der Waals surface area contributed by atoms with Crippen LogP contribution in [0, 0.1) is 5.82 Å². The van der Waals surface area contributed by atoms with Gasteiger partial charge < -0.3 is 15.8 Å². The van der Waals surface area contributed by atoms with Crippen LogP contribution >= 0.6 is 0 Å². The van der Waals surface area contributed by atoms with Gasteiger partial charge in [0.1, 0.15) is 11.6 Å². The lowest BCUT2D eigenvalue weighted by Gasteiger charge is -2.09. The molecule has 2 aromatic carbocycles. The molecule has 0 aromatic heterocycles. The molecule has 18 heavy (non-hydrogen) atoms. The standard InChI is InChI=1S/C14H15FN2O/c1-18-12-5-2-10(3-6-12)9-17-14-8-11(15)4-7-13(14)16/h2-8,17H,9,16H2,1H3. The molecule has 94 valence electrons. The summed E-state index contributed by atoms with van der Waals surface area (Å²) in [6, 6.07) is 11.9. The maximum Gasteiger partial charge on any atom is 0.125 e. The van der Waals surface area contributed by atoms with Crippen molar-refractivity contribution in [2.24, 2.45) is 0 Å². The second-order valence-corrected chi connectivity index (χ2v) is 3.93. The molecule has 0 saturated carbocycles. The molecule has 4 heteroatoms. The van der Waals surface area contributed by atoms with E-state index in [2.05, 4.69) is 5.32 Å². The number of nitrogens with one attached hydrogen (secondary N) is 1. The maximum absolute atomic E-state index is 13.1. The molecule has 0 aliphatic rings. The summed E-state index contributed by atoms with van der Waals surface area (Å²) in [6.07, 6.45) is 0. The fourth-order valence-electron chi connectivity index (χ4n) is 1.62. The van der Waals surface area contributed by atoms with Crippen LogP contribution in [-0.2, 0) is 6.54 Å². The molecule has 0 fully saturated rings. The minimum atomic E-state index is -0.304. The lowest BCUT2D eigenvalue weighted by atomic mass is 10.2. The van der Waals surface area contributed by atoms with Gasteiger partial charge in [0.2, 0.25) is 0 Å². The molecule has 0 bridgehead atoms. The molecular formula is C14H15FN2O. The number of halogens is 1. The molecule has 0 saturated heterocycles. The topological polar surface area (TPSA) is 47.3 Å².